The number of nitrogens with one attached hydrogen (secondary N) is 1. The minimum absolute atomic E-state index is 0.107. The van der Waals surface area contributed by atoms with E-state index in [0.717, 1.165) is 41.6 Å². The highest BCUT2D eigenvalue weighted by molar-refractivity contribution is 9.10. The lowest BCUT2D eigenvalue weighted by molar-refractivity contribution is 0.116. The molecule has 0 radical (unpaired) electrons. The molecule has 2 heterocycles. The summed E-state index contributed by atoms with van der Waals surface area (Å²) in [5.41, 5.74) is 0.783. The SMILES string of the molecule is O[C@@H]1CCCC[C@@H]1Nc1ccn2ncc(Br)c2n1. The van der Waals surface area contributed by atoms with Gasteiger partial charge in [-0.3, -0.25) is 0 Å². The van der Waals surface area contributed by atoms with Crippen molar-refractivity contribution in [3.63, 3.8) is 0 Å². The Morgan fingerprint density at radius 2 is 2.22 bits per heavy atom. The van der Waals surface area contributed by atoms with Gasteiger partial charge in [-0.25, -0.2) is 9.50 Å². The molecule has 5 nitrogen and oxygen atoms in total. The Morgan fingerprint density at radius 1 is 1.39 bits per heavy atom. The molecule has 0 aromatic carbocycles. The minimum Gasteiger partial charge on any atom is -0.391 e. The van der Waals surface area contributed by atoms with Crippen molar-refractivity contribution in [2.75, 3.05) is 5.32 Å². The predicted molar refractivity (Wildman–Crippen MR) is 72.6 cm³/mol. The molecule has 2 atom stereocenters. The molecule has 1 saturated carbocycles. The van der Waals surface area contributed by atoms with E-state index >= 15 is 0 Å². The number of rotatable bonds is 2. The Bertz CT molecular complexity index is 556. The number of nitrogens with zero attached hydrogens (tertiary/aromatic N) is 3. The van der Waals surface area contributed by atoms with E-state index in [0.29, 0.717) is 0 Å². The third-order valence-corrected chi connectivity index (χ3v) is 3.95. The zero-order valence-electron chi connectivity index (χ0n) is 9.88. The van der Waals surface area contributed by atoms with E-state index in [2.05, 4.69) is 31.3 Å². The van der Waals surface area contributed by atoms with Crippen molar-refractivity contribution in [3.8, 4) is 0 Å². The molecular formula is C12H15BrN4O. The van der Waals surface area contributed by atoms with Gasteiger partial charge in [0.15, 0.2) is 5.65 Å². The van der Waals surface area contributed by atoms with Crippen LogP contribution in [0.4, 0.5) is 5.82 Å². The van der Waals surface area contributed by atoms with Crippen molar-refractivity contribution in [2.45, 2.75) is 37.8 Å². The van der Waals surface area contributed by atoms with Crippen LogP contribution in [0.15, 0.2) is 22.9 Å². The molecular weight excluding hydrogens is 296 g/mol. The zero-order valence-corrected chi connectivity index (χ0v) is 11.5. The average Bonchev–Trinajstić information content (AvgIpc) is 2.74. The van der Waals surface area contributed by atoms with Crippen molar-refractivity contribution in [2.24, 2.45) is 0 Å². The van der Waals surface area contributed by atoms with E-state index in [1.54, 1.807) is 10.7 Å². The highest BCUT2D eigenvalue weighted by Gasteiger charge is 2.23. The normalized spacial score (nSPS) is 24.3. The molecule has 0 spiro atoms. The maximum atomic E-state index is 9.94. The third kappa shape index (κ3) is 2.22. The van der Waals surface area contributed by atoms with Crippen molar-refractivity contribution in [1.29, 1.82) is 0 Å². The van der Waals surface area contributed by atoms with Crippen LogP contribution in [0.1, 0.15) is 25.7 Å². The number of aliphatic hydroxyl groups is 1. The van der Waals surface area contributed by atoms with Gasteiger partial charge in [0.25, 0.3) is 0 Å². The lowest BCUT2D eigenvalue weighted by Crippen LogP contribution is -2.36. The number of hydrogen-bond acceptors (Lipinski definition) is 4. The van der Waals surface area contributed by atoms with Crippen LogP contribution in [0.2, 0.25) is 0 Å². The van der Waals surface area contributed by atoms with E-state index in [9.17, 15) is 5.11 Å². The number of anilines is 1. The number of aromatic nitrogens is 3. The van der Waals surface area contributed by atoms with Crippen molar-refractivity contribution >= 4 is 27.4 Å². The molecule has 96 valence electrons. The van der Waals surface area contributed by atoms with Gasteiger partial charge in [-0.05, 0) is 34.8 Å². The van der Waals surface area contributed by atoms with E-state index in [-0.39, 0.29) is 12.1 Å². The molecule has 0 aliphatic heterocycles. The summed E-state index contributed by atoms with van der Waals surface area (Å²) in [7, 11) is 0. The van der Waals surface area contributed by atoms with Gasteiger partial charge in [0.2, 0.25) is 0 Å². The maximum Gasteiger partial charge on any atom is 0.171 e. The number of aliphatic hydroxyl groups excluding tert-OH is 1. The summed E-state index contributed by atoms with van der Waals surface area (Å²) in [6.07, 6.45) is 7.45. The quantitative estimate of drug-likeness (QED) is 0.892. The second-order valence-electron chi connectivity index (χ2n) is 4.68. The van der Waals surface area contributed by atoms with Gasteiger partial charge < -0.3 is 10.4 Å². The first-order valence-electron chi connectivity index (χ1n) is 6.18. The summed E-state index contributed by atoms with van der Waals surface area (Å²) < 4.78 is 2.59. The fourth-order valence-electron chi connectivity index (χ4n) is 2.39. The first kappa shape index (κ1) is 11.9. The second-order valence-corrected chi connectivity index (χ2v) is 5.53. The van der Waals surface area contributed by atoms with Crippen molar-refractivity contribution < 1.29 is 5.11 Å². The fraction of sp³-hybridized carbons (Fsp3) is 0.500. The lowest BCUT2D eigenvalue weighted by atomic mass is 9.93. The summed E-state index contributed by atoms with van der Waals surface area (Å²) in [5, 5.41) is 17.4. The van der Waals surface area contributed by atoms with Gasteiger partial charge in [-0.2, -0.15) is 5.10 Å². The largest absolute Gasteiger partial charge is 0.391 e. The summed E-state index contributed by atoms with van der Waals surface area (Å²) in [4.78, 5) is 4.49. The molecule has 0 bridgehead atoms. The number of fused-ring (bicyclic) bond motifs is 1. The number of hydrogen-bond donors (Lipinski definition) is 2. The molecule has 2 N–H and O–H groups in total. The highest BCUT2D eigenvalue weighted by atomic mass is 79.9. The van der Waals surface area contributed by atoms with E-state index in [1.165, 1.54) is 0 Å². The van der Waals surface area contributed by atoms with E-state index in [1.807, 2.05) is 12.3 Å². The molecule has 18 heavy (non-hydrogen) atoms. The standard InChI is InChI=1S/C12H15BrN4O/c13-8-7-14-17-6-5-11(16-12(8)17)15-9-3-1-2-4-10(9)18/h5-7,9-10,18H,1-4H2,(H,15,16)/t9-,10+/m0/s1. The molecule has 1 aliphatic carbocycles. The maximum absolute atomic E-state index is 9.94. The molecule has 0 unspecified atom stereocenters. The van der Waals surface area contributed by atoms with Crippen LogP contribution >= 0.6 is 15.9 Å². The molecule has 0 amide bonds. The van der Waals surface area contributed by atoms with Crippen LogP contribution in [0, 0.1) is 0 Å². The van der Waals surface area contributed by atoms with Crippen LogP contribution < -0.4 is 5.32 Å². The van der Waals surface area contributed by atoms with Crippen LogP contribution in [0.3, 0.4) is 0 Å². The molecule has 6 heteroatoms. The topological polar surface area (TPSA) is 62.5 Å². The van der Waals surface area contributed by atoms with Crippen molar-refractivity contribution in [3.05, 3.63) is 22.9 Å². The van der Waals surface area contributed by atoms with Gasteiger partial charge in [-0.15, -0.1) is 0 Å². The van der Waals surface area contributed by atoms with Crippen LogP contribution in [0.5, 0.6) is 0 Å². The lowest BCUT2D eigenvalue weighted by Gasteiger charge is -2.28. The first-order valence-corrected chi connectivity index (χ1v) is 6.98. The smallest absolute Gasteiger partial charge is 0.171 e. The number of halogens is 1. The van der Waals surface area contributed by atoms with Gasteiger partial charge in [0.05, 0.1) is 22.8 Å². The van der Waals surface area contributed by atoms with Gasteiger partial charge in [-0.1, -0.05) is 12.8 Å². The monoisotopic (exact) mass is 310 g/mol. The summed E-state index contributed by atoms with van der Waals surface area (Å²) in [6, 6.07) is 1.99. The Kier molecular flexibility index (Phi) is 3.22. The van der Waals surface area contributed by atoms with Gasteiger partial charge in [0, 0.05) is 6.20 Å². The minimum atomic E-state index is -0.273. The summed E-state index contributed by atoms with van der Waals surface area (Å²) in [5.74, 6) is 0.787. The first-order chi connectivity index (χ1) is 8.74. The van der Waals surface area contributed by atoms with Crippen LogP contribution in [-0.4, -0.2) is 31.9 Å². The highest BCUT2D eigenvalue weighted by Crippen LogP contribution is 2.22. The van der Waals surface area contributed by atoms with Gasteiger partial charge in [0.1, 0.15) is 5.82 Å². The zero-order chi connectivity index (χ0) is 12.5. The van der Waals surface area contributed by atoms with Crippen LogP contribution in [-0.2, 0) is 0 Å². The summed E-state index contributed by atoms with van der Waals surface area (Å²) >= 11 is 3.42. The van der Waals surface area contributed by atoms with E-state index < -0.39 is 0 Å². The van der Waals surface area contributed by atoms with Gasteiger partial charge >= 0.3 is 0 Å². The summed E-state index contributed by atoms with van der Waals surface area (Å²) in [6.45, 7) is 0. The Hall–Kier alpha value is -1.14. The predicted octanol–water partition coefficient (Wildman–Crippen LogP) is 2.21. The van der Waals surface area contributed by atoms with Crippen molar-refractivity contribution in [1.82, 2.24) is 14.6 Å². The fourth-order valence-corrected chi connectivity index (χ4v) is 2.75. The Labute approximate surface area is 113 Å². The Morgan fingerprint density at radius 3 is 3.06 bits per heavy atom. The average molecular weight is 311 g/mol. The molecule has 1 aliphatic rings. The molecule has 1 fully saturated rings. The second kappa shape index (κ2) is 4.85. The molecule has 3 rings (SSSR count). The molecule has 2 aromatic heterocycles. The Balaban J connectivity index is 1.83. The molecule has 2 aromatic rings. The molecule has 0 saturated heterocycles. The third-order valence-electron chi connectivity index (χ3n) is 3.39. The van der Waals surface area contributed by atoms with E-state index in [4.69, 9.17) is 0 Å². The van der Waals surface area contributed by atoms with Crippen LogP contribution in [0.25, 0.3) is 5.65 Å².